The van der Waals surface area contributed by atoms with Crippen LogP contribution in [0.2, 0.25) is 0 Å². The Morgan fingerprint density at radius 1 is 0.511 bits per heavy atom. The predicted octanol–water partition coefficient (Wildman–Crippen LogP) is 10.4. The molecule has 3 heterocycles. The quantitative estimate of drug-likeness (QED) is 0.0639. The molecule has 3 aliphatic rings. The molecule has 3 aromatic carbocycles. The third-order valence-electron chi connectivity index (χ3n) is 16.4. The zero-order valence-electron chi connectivity index (χ0n) is 57.0. The van der Waals surface area contributed by atoms with Crippen molar-refractivity contribution < 1.29 is 86.7 Å². The van der Waals surface area contributed by atoms with E-state index in [1.54, 1.807) is 20.8 Å². The van der Waals surface area contributed by atoms with Crippen molar-refractivity contribution in [2.45, 2.75) is 155 Å². The highest BCUT2D eigenvalue weighted by molar-refractivity contribution is 7.91. The fourth-order valence-electron chi connectivity index (χ4n) is 10.2. The van der Waals surface area contributed by atoms with Crippen LogP contribution in [0, 0.1) is 34.0 Å². The third kappa shape index (κ3) is 26.9. The smallest absolute Gasteiger partial charge is 0.306 e. The molecule has 3 N–H and O–H groups in total. The number of carbonyl (C=O) groups is 4. The first-order valence-electron chi connectivity index (χ1n) is 31.9. The normalized spacial score (nSPS) is 17.0. The topological polar surface area (TPSA) is 282 Å². The molecule has 0 unspecified atom stereocenters. The monoisotopic (exact) mass is 1380 g/mol. The molecule has 528 valence electrons. The molecule has 0 aliphatic carbocycles. The average molecular weight is 1380 g/mol. The summed E-state index contributed by atoms with van der Waals surface area (Å²) in [6, 6.07) is 17.2. The fraction of sp³-hybridized carbons (Fsp3) is 0.618. The maximum Gasteiger partial charge on any atom is 0.306 e. The number of nitrogens with two attached hydrogens (primary N) is 1. The zero-order valence-corrected chi connectivity index (χ0v) is 59.4. The molecule has 0 aromatic heterocycles. The number of benzene rings is 3. The van der Waals surface area contributed by atoms with Crippen LogP contribution in [0.5, 0.6) is 17.2 Å². The highest BCUT2D eigenvalue weighted by atomic mass is 32.2. The first kappa shape index (κ1) is 80.4. The lowest BCUT2D eigenvalue weighted by atomic mass is 9.81. The van der Waals surface area contributed by atoms with Crippen LogP contribution in [0.25, 0.3) is 0 Å². The van der Waals surface area contributed by atoms with E-state index in [-0.39, 0.29) is 116 Å². The summed E-state index contributed by atoms with van der Waals surface area (Å²) in [5.74, 6) is -0.469. The largest absolute Gasteiger partial charge is 0.508 e. The number of hydrogen-bond donors (Lipinski definition) is 2. The second-order valence-electron chi connectivity index (χ2n) is 27.5. The van der Waals surface area contributed by atoms with Crippen molar-refractivity contribution in [1.82, 2.24) is 14.7 Å². The molecule has 6 rings (SSSR count). The number of hydrogen-bond acceptors (Lipinski definition) is 18. The molecular formula is C68H102F2N4O17S3. The van der Waals surface area contributed by atoms with Crippen molar-refractivity contribution >= 4 is 53.2 Å². The number of esters is 1. The number of carbonyl (C=O) groups excluding carboxylic acids is 4. The van der Waals surface area contributed by atoms with Crippen LogP contribution in [0.3, 0.4) is 0 Å². The lowest BCUT2D eigenvalue weighted by Gasteiger charge is -2.39. The van der Waals surface area contributed by atoms with Crippen LogP contribution in [0.1, 0.15) is 134 Å². The van der Waals surface area contributed by atoms with Crippen molar-refractivity contribution in [3.63, 3.8) is 0 Å². The Morgan fingerprint density at radius 3 is 1.06 bits per heavy atom. The Bertz CT molecular complexity index is 3310. The highest BCUT2D eigenvalue weighted by Crippen LogP contribution is 2.35. The average Bonchev–Trinajstić information content (AvgIpc) is 0.941. The van der Waals surface area contributed by atoms with E-state index in [1.165, 1.54) is 72.8 Å². The summed E-state index contributed by atoms with van der Waals surface area (Å²) in [6.45, 7) is 27.7. The molecule has 26 heteroatoms. The number of piperidine rings is 3. The van der Waals surface area contributed by atoms with Crippen LogP contribution >= 0.6 is 0 Å². The van der Waals surface area contributed by atoms with E-state index < -0.39 is 53.0 Å². The maximum atomic E-state index is 13.2. The first-order chi connectivity index (χ1) is 43.9. The van der Waals surface area contributed by atoms with Gasteiger partial charge in [0.15, 0.2) is 17.8 Å². The second-order valence-corrected chi connectivity index (χ2v) is 33.3. The highest BCUT2D eigenvalue weighted by Gasteiger charge is 2.36. The van der Waals surface area contributed by atoms with Gasteiger partial charge in [-0.25, -0.2) is 34.0 Å². The Hall–Kier alpha value is -6.03. The van der Waals surface area contributed by atoms with E-state index in [9.17, 15) is 58.3 Å². The summed E-state index contributed by atoms with van der Waals surface area (Å²) < 4.78 is 134. The standard InChI is InChI=1S/C28H42FNO7S.C22H33FN2O5S.C18H27NO5S/c1-21(2)26(32)30-15-13-28(6,14-16-30)19-35-20-38(33,34)24-10-8-23(9-11-24)36-18-22(17-29)7-12-25(31)37-27(3,4)5;1-17(2)21(26)25-10-8-22(3,9-11-25)15-29-16-31(27,28)20-6-4-19(5-7-20)30-14-18(12-23)13-24;1-14(2)17(21)19-10-8-18(3,9-11-19)12-24-13-25(22,23)16-6-4-15(20)5-7-16/h8-11,17,21H,7,12-16,18-20H2,1-6H3;4-7,12,17H,8-11,13-16,24H2,1-3H3;4-7,14,20H,8-13H2,1-3H3/b22-17+;18-12+;. The Balaban J connectivity index is 0.000000307. The van der Waals surface area contributed by atoms with Crippen LogP contribution in [0.15, 0.2) is 111 Å². The van der Waals surface area contributed by atoms with Crippen LogP contribution in [-0.4, -0.2) is 171 Å². The number of phenols is 1. The molecule has 3 amide bonds. The predicted molar refractivity (Wildman–Crippen MR) is 355 cm³/mol. The van der Waals surface area contributed by atoms with Gasteiger partial charge in [0.2, 0.25) is 47.2 Å². The van der Waals surface area contributed by atoms with Crippen molar-refractivity contribution in [3.8, 4) is 17.2 Å². The van der Waals surface area contributed by atoms with E-state index in [0.29, 0.717) is 88.8 Å². The maximum absolute atomic E-state index is 13.2. The summed E-state index contributed by atoms with van der Waals surface area (Å²) in [6.07, 6.45) is 5.65. The molecular weight excluding hydrogens is 1280 g/mol. The van der Waals surface area contributed by atoms with E-state index in [2.05, 4.69) is 20.8 Å². The minimum atomic E-state index is -3.67. The summed E-state index contributed by atoms with van der Waals surface area (Å²) >= 11 is 0. The number of rotatable bonds is 28. The van der Waals surface area contributed by atoms with Crippen LogP contribution in [0.4, 0.5) is 8.78 Å². The molecule has 0 radical (unpaired) electrons. The number of likely N-dealkylation sites (tertiary alicyclic amines) is 3. The Kier molecular flexibility index (Phi) is 31.1. The first-order valence-corrected chi connectivity index (χ1v) is 36.8. The van der Waals surface area contributed by atoms with E-state index >= 15 is 0 Å². The molecule has 94 heavy (non-hydrogen) atoms. The van der Waals surface area contributed by atoms with Gasteiger partial charge in [0.25, 0.3) is 0 Å². The molecule has 3 fully saturated rings. The lowest BCUT2D eigenvalue weighted by molar-refractivity contribution is -0.154. The van der Waals surface area contributed by atoms with Crippen molar-refractivity contribution in [3.05, 3.63) is 96.6 Å². The van der Waals surface area contributed by atoms with Gasteiger partial charge in [-0.15, -0.1) is 0 Å². The minimum Gasteiger partial charge on any atom is -0.508 e. The molecule has 0 spiro atoms. The number of amides is 3. The number of ether oxygens (including phenoxy) is 6. The third-order valence-corrected chi connectivity index (χ3v) is 20.8. The van der Waals surface area contributed by atoms with Gasteiger partial charge in [0.1, 0.15) is 36.1 Å². The number of aromatic hydroxyl groups is 1. The zero-order chi connectivity index (χ0) is 70.3. The summed E-state index contributed by atoms with van der Waals surface area (Å²) in [5, 5.41) is 9.24. The molecule has 0 saturated carbocycles. The summed E-state index contributed by atoms with van der Waals surface area (Å²) in [4.78, 5) is 54.1. The molecule has 3 aliphatic heterocycles. The van der Waals surface area contributed by atoms with Crippen molar-refractivity contribution in [1.29, 1.82) is 0 Å². The van der Waals surface area contributed by atoms with Gasteiger partial charge in [0.05, 0.1) is 47.2 Å². The minimum absolute atomic E-state index is 0.000977. The van der Waals surface area contributed by atoms with Crippen molar-refractivity contribution in [2.24, 2.45) is 39.7 Å². The second kappa shape index (κ2) is 36.4. The number of sulfone groups is 3. The molecule has 3 aromatic rings. The van der Waals surface area contributed by atoms with E-state index in [0.717, 1.165) is 38.5 Å². The summed E-state index contributed by atoms with van der Waals surface area (Å²) in [5.41, 5.74) is 4.88. The fourth-order valence-corrected chi connectivity index (χ4v) is 13.1. The molecule has 0 atom stereocenters. The van der Waals surface area contributed by atoms with Crippen LogP contribution < -0.4 is 15.2 Å². The van der Waals surface area contributed by atoms with Gasteiger partial charge in [-0.1, -0.05) is 62.3 Å². The molecule has 0 bridgehead atoms. The van der Waals surface area contributed by atoms with E-state index in [1.807, 2.05) is 56.2 Å². The lowest BCUT2D eigenvalue weighted by Crippen LogP contribution is -2.45. The Labute approximate surface area is 556 Å². The van der Waals surface area contributed by atoms with Gasteiger partial charge in [-0.05, 0) is 160 Å². The van der Waals surface area contributed by atoms with E-state index in [4.69, 9.17) is 34.2 Å². The SMILES string of the molecule is CC(C)C(=O)N1CCC(C)(COCS(=O)(=O)c2ccc(O)cc2)CC1.CC(C)C(=O)N1CCC(C)(COCS(=O)(=O)c2ccc(OC/C(=C/F)CCC(=O)OC(C)(C)C)cc2)CC1.CC(C)C(=O)N1CCC(C)(COCS(=O)(=O)c2ccc(OC/C(=C/F)CN)cc2)CC1. The molecule has 3 saturated heterocycles. The van der Waals surface area contributed by atoms with Gasteiger partial charge in [-0.2, -0.15) is 0 Å². The number of phenolic OH excluding ortho intramolecular Hbond substituents is 1. The van der Waals surface area contributed by atoms with Crippen molar-refractivity contribution in [2.75, 3.05) is 96.7 Å². The number of halogens is 2. The van der Waals surface area contributed by atoms with Gasteiger partial charge < -0.3 is 54.0 Å². The molecule has 21 nitrogen and oxygen atoms in total. The van der Waals surface area contributed by atoms with Crippen LogP contribution in [-0.2, 0) is 67.6 Å². The van der Waals surface area contributed by atoms with Gasteiger partial charge >= 0.3 is 5.97 Å². The van der Waals surface area contributed by atoms with Gasteiger partial charge in [-0.3, -0.25) is 19.2 Å². The summed E-state index contributed by atoms with van der Waals surface area (Å²) in [7, 11) is -10.8. The number of nitrogens with zero attached hydrogens (tertiary/aromatic N) is 3. The van der Waals surface area contributed by atoms with Gasteiger partial charge in [0, 0.05) is 75.6 Å². The Morgan fingerprint density at radius 2 is 0.798 bits per heavy atom.